The van der Waals surface area contributed by atoms with Gasteiger partial charge in [0.05, 0.1) is 19.8 Å². The van der Waals surface area contributed by atoms with Gasteiger partial charge in [-0.3, -0.25) is 4.79 Å². The number of carbonyl (C=O) groups is 1. The van der Waals surface area contributed by atoms with E-state index in [0.29, 0.717) is 22.6 Å². The average molecular weight is 327 g/mol. The maximum Gasteiger partial charge on any atom is 0.198 e. The largest absolute Gasteiger partial charge is 0.497 e. The maximum atomic E-state index is 12.4. The Balaban J connectivity index is 2.45. The molecule has 3 nitrogen and oxygen atoms in total. The van der Waals surface area contributed by atoms with Crippen LogP contribution in [0.2, 0.25) is 0 Å². The third-order valence-corrected chi connectivity index (χ3v) is 4.22. The van der Waals surface area contributed by atoms with Gasteiger partial charge in [-0.25, -0.2) is 0 Å². The molecule has 0 unspecified atom stereocenters. The Labute approximate surface area is 117 Å². The van der Waals surface area contributed by atoms with Crippen LogP contribution in [0.15, 0.2) is 33.4 Å². The van der Waals surface area contributed by atoms with E-state index in [0.717, 1.165) is 4.47 Å². The lowest BCUT2D eigenvalue weighted by atomic mass is 10.0. The van der Waals surface area contributed by atoms with Gasteiger partial charge in [0, 0.05) is 26.9 Å². The summed E-state index contributed by atoms with van der Waals surface area (Å²) in [5, 5.41) is 3.69. The zero-order valence-electron chi connectivity index (χ0n) is 9.90. The number of halogens is 1. The molecule has 94 valence electrons. The van der Waals surface area contributed by atoms with E-state index >= 15 is 0 Å². The number of thiophene rings is 1. The van der Waals surface area contributed by atoms with Gasteiger partial charge < -0.3 is 9.47 Å². The van der Waals surface area contributed by atoms with Crippen LogP contribution in [0, 0.1) is 0 Å². The molecule has 0 bridgehead atoms. The Morgan fingerprint density at radius 2 is 1.94 bits per heavy atom. The molecule has 0 aliphatic heterocycles. The average Bonchev–Trinajstić information content (AvgIpc) is 2.83. The topological polar surface area (TPSA) is 35.5 Å². The van der Waals surface area contributed by atoms with Crippen molar-refractivity contribution in [3.05, 3.63) is 44.6 Å². The number of hydrogen-bond acceptors (Lipinski definition) is 4. The third kappa shape index (κ3) is 2.42. The van der Waals surface area contributed by atoms with Gasteiger partial charge in [-0.15, -0.1) is 0 Å². The molecule has 0 N–H and O–H groups in total. The minimum atomic E-state index is -0.0670. The highest BCUT2D eigenvalue weighted by atomic mass is 79.9. The zero-order chi connectivity index (χ0) is 13.1. The van der Waals surface area contributed by atoms with Gasteiger partial charge in [0.15, 0.2) is 5.78 Å². The normalized spacial score (nSPS) is 10.2. The summed E-state index contributed by atoms with van der Waals surface area (Å²) in [6.07, 6.45) is 0. The fourth-order valence-electron chi connectivity index (χ4n) is 1.57. The molecule has 0 amide bonds. The first-order valence-corrected chi connectivity index (χ1v) is 6.89. The molecule has 0 spiro atoms. The maximum absolute atomic E-state index is 12.4. The summed E-state index contributed by atoms with van der Waals surface area (Å²) in [6, 6.07) is 5.16. The second kappa shape index (κ2) is 5.54. The highest BCUT2D eigenvalue weighted by Gasteiger charge is 2.18. The predicted molar refractivity (Wildman–Crippen MR) is 75.0 cm³/mol. The molecule has 0 aliphatic rings. The van der Waals surface area contributed by atoms with Crippen molar-refractivity contribution < 1.29 is 14.3 Å². The minimum absolute atomic E-state index is 0.0670. The van der Waals surface area contributed by atoms with Gasteiger partial charge in [0.25, 0.3) is 0 Å². The van der Waals surface area contributed by atoms with Crippen molar-refractivity contribution in [1.82, 2.24) is 0 Å². The summed E-state index contributed by atoms with van der Waals surface area (Å²) in [6.45, 7) is 0. The predicted octanol–water partition coefficient (Wildman–Crippen LogP) is 3.76. The molecular weight excluding hydrogens is 316 g/mol. The van der Waals surface area contributed by atoms with Gasteiger partial charge in [-0.2, -0.15) is 11.3 Å². The van der Waals surface area contributed by atoms with Crippen molar-refractivity contribution in [2.45, 2.75) is 0 Å². The van der Waals surface area contributed by atoms with Gasteiger partial charge in [-0.1, -0.05) is 0 Å². The lowest BCUT2D eigenvalue weighted by Gasteiger charge is -2.09. The van der Waals surface area contributed by atoms with Gasteiger partial charge in [-0.05, 0) is 28.1 Å². The van der Waals surface area contributed by atoms with Crippen LogP contribution in [0.3, 0.4) is 0 Å². The highest BCUT2D eigenvalue weighted by Crippen LogP contribution is 2.30. The number of hydrogen-bond donors (Lipinski definition) is 0. The van der Waals surface area contributed by atoms with E-state index in [1.807, 2.05) is 10.8 Å². The fraction of sp³-hybridized carbons (Fsp3) is 0.154. The number of ketones is 1. The minimum Gasteiger partial charge on any atom is -0.497 e. The first-order chi connectivity index (χ1) is 8.67. The monoisotopic (exact) mass is 326 g/mol. The van der Waals surface area contributed by atoms with E-state index < -0.39 is 0 Å². The van der Waals surface area contributed by atoms with Crippen molar-refractivity contribution in [3.8, 4) is 11.5 Å². The van der Waals surface area contributed by atoms with Crippen LogP contribution in [-0.2, 0) is 0 Å². The van der Waals surface area contributed by atoms with E-state index in [-0.39, 0.29) is 5.78 Å². The summed E-state index contributed by atoms with van der Waals surface area (Å²) in [5.41, 5.74) is 1.17. The van der Waals surface area contributed by atoms with Gasteiger partial charge in [0.1, 0.15) is 11.5 Å². The Kier molecular flexibility index (Phi) is 4.04. The Morgan fingerprint density at radius 3 is 2.50 bits per heavy atom. The molecule has 1 aromatic carbocycles. The van der Waals surface area contributed by atoms with Crippen molar-refractivity contribution >= 4 is 33.0 Å². The van der Waals surface area contributed by atoms with E-state index in [1.54, 1.807) is 25.3 Å². The lowest BCUT2D eigenvalue weighted by Crippen LogP contribution is -2.03. The first kappa shape index (κ1) is 13.1. The fourth-order valence-corrected chi connectivity index (χ4v) is 3.03. The molecule has 2 aromatic rings. The summed E-state index contributed by atoms with van der Waals surface area (Å²) in [5.74, 6) is 1.10. The quantitative estimate of drug-likeness (QED) is 0.802. The van der Waals surface area contributed by atoms with Crippen LogP contribution in [-0.4, -0.2) is 20.0 Å². The SMILES string of the molecule is COc1ccc(C(=O)c2cscc2Br)c(OC)c1. The van der Waals surface area contributed by atoms with E-state index in [9.17, 15) is 4.79 Å². The summed E-state index contributed by atoms with van der Waals surface area (Å²) < 4.78 is 11.1. The Bertz CT molecular complexity index is 577. The number of benzene rings is 1. The molecule has 5 heteroatoms. The van der Waals surface area contributed by atoms with Crippen LogP contribution < -0.4 is 9.47 Å². The molecular formula is C13H11BrO3S. The summed E-state index contributed by atoms with van der Waals surface area (Å²) in [7, 11) is 3.11. The molecule has 1 aromatic heterocycles. The molecule has 18 heavy (non-hydrogen) atoms. The second-order valence-electron chi connectivity index (χ2n) is 3.53. The molecule has 2 rings (SSSR count). The van der Waals surface area contributed by atoms with Crippen LogP contribution >= 0.6 is 27.3 Å². The zero-order valence-corrected chi connectivity index (χ0v) is 12.3. The summed E-state index contributed by atoms with van der Waals surface area (Å²) >= 11 is 4.84. The van der Waals surface area contributed by atoms with E-state index in [2.05, 4.69) is 15.9 Å². The number of rotatable bonds is 4. The summed E-state index contributed by atoms with van der Waals surface area (Å²) in [4.78, 5) is 12.4. The molecule has 0 atom stereocenters. The smallest absolute Gasteiger partial charge is 0.198 e. The third-order valence-electron chi connectivity index (χ3n) is 2.51. The first-order valence-electron chi connectivity index (χ1n) is 5.15. The molecule has 0 saturated carbocycles. The standard InChI is InChI=1S/C13H11BrO3S/c1-16-8-3-4-9(12(5-8)17-2)13(15)10-6-18-7-11(10)14/h3-7H,1-2H3. The molecule has 0 radical (unpaired) electrons. The second-order valence-corrected chi connectivity index (χ2v) is 5.13. The number of ether oxygens (including phenoxy) is 2. The van der Waals surface area contributed by atoms with Crippen LogP contribution in [0.4, 0.5) is 0 Å². The van der Waals surface area contributed by atoms with Gasteiger partial charge in [0.2, 0.25) is 0 Å². The van der Waals surface area contributed by atoms with Gasteiger partial charge >= 0.3 is 0 Å². The Hall–Kier alpha value is -1.33. The molecule has 0 fully saturated rings. The number of methoxy groups -OCH3 is 2. The van der Waals surface area contributed by atoms with Crippen molar-refractivity contribution in [1.29, 1.82) is 0 Å². The number of carbonyl (C=O) groups excluding carboxylic acids is 1. The van der Waals surface area contributed by atoms with Crippen LogP contribution in [0.25, 0.3) is 0 Å². The lowest BCUT2D eigenvalue weighted by molar-refractivity contribution is 0.103. The molecule has 0 aliphatic carbocycles. The van der Waals surface area contributed by atoms with Crippen molar-refractivity contribution in [2.24, 2.45) is 0 Å². The molecule has 1 heterocycles. The highest BCUT2D eigenvalue weighted by molar-refractivity contribution is 9.10. The van der Waals surface area contributed by atoms with Crippen LogP contribution in [0.5, 0.6) is 11.5 Å². The Morgan fingerprint density at radius 1 is 1.17 bits per heavy atom. The van der Waals surface area contributed by atoms with E-state index in [1.165, 1.54) is 18.4 Å². The van der Waals surface area contributed by atoms with E-state index in [4.69, 9.17) is 9.47 Å². The van der Waals surface area contributed by atoms with Crippen molar-refractivity contribution in [2.75, 3.05) is 14.2 Å². The van der Waals surface area contributed by atoms with Crippen LogP contribution in [0.1, 0.15) is 15.9 Å². The van der Waals surface area contributed by atoms with Crippen molar-refractivity contribution in [3.63, 3.8) is 0 Å². The molecule has 0 saturated heterocycles.